The van der Waals surface area contributed by atoms with Gasteiger partial charge in [0.05, 0.1) is 16.5 Å². The van der Waals surface area contributed by atoms with Gasteiger partial charge in [0.2, 0.25) is 10.0 Å². The summed E-state index contributed by atoms with van der Waals surface area (Å²) in [4.78, 5) is 15.1. The first-order valence-electron chi connectivity index (χ1n) is 13.3. The van der Waals surface area contributed by atoms with Gasteiger partial charge in [-0.25, -0.2) is 18.4 Å². The Bertz CT molecular complexity index is 1280. The van der Waals surface area contributed by atoms with Crippen molar-refractivity contribution in [3.8, 4) is 0 Å². The van der Waals surface area contributed by atoms with Crippen molar-refractivity contribution in [2.24, 2.45) is 0 Å². The summed E-state index contributed by atoms with van der Waals surface area (Å²) in [7, 11) is -3.49. The van der Waals surface area contributed by atoms with E-state index in [2.05, 4.69) is 41.8 Å². The average molecular weight is 508 g/mol. The molecule has 1 aromatic heterocycles. The van der Waals surface area contributed by atoms with Gasteiger partial charge in [0, 0.05) is 44.7 Å². The molecule has 2 aliphatic heterocycles. The zero-order valence-corrected chi connectivity index (χ0v) is 22.3. The smallest absolute Gasteiger partial charge is 0.243 e. The molecule has 36 heavy (non-hydrogen) atoms. The number of aromatic nitrogens is 2. The number of hydrogen-bond donors (Lipinski definition) is 0. The normalized spacial score (nSPS) is 19.0. The van der Waals surface area contributed by atoms with Gasteiger partial charge in [-0.1, -0.05) is 37.6 Å². The summed E-state index contributed by atoms with van der Waals surface area (Å²) in [5, 5.41) is 1.11. The summed E-state index contributed by atoms with van der Waals surface area (Å²) < 4.78 is 28.1. The second-order valence-corrected chi connectivity index (χ2v) is 11.9. The Kier molecular flexibility index (Phi) is 7.55. The second-order valence-electron chi connectivity index (χ2n) is 9.98. The Labute approximate surface area is 215 Å². The van der Waals surface area contributed by atoms with Crippen LogP contribution in [0.5, 0.6) is 0 Å². The maximum absolute atomic E-state index is 13.2. The fourth-order valence-corrected chi connectivity index (χ4v) is 6.79. The fourth-order valence-electron chi connectivity index (χ4n) is 5.37. The van der Waals surface area contributed by atoms with E-state index < -0.39 is 10.0 Å². The molecule has 2 aromatic carbocycles. The van der Waals surface area contributed by atoms with Crippen molar-refractivity contribution in [3.05, 3.63) is 59.9 Å². The molecule has 2 fully saturated rings. The molecule has 7 nitrogen and oxygen atoms in total. The first kappa shape index (κ1) is 25.1. The van der Waals surface area contributed by atoms with Crippen LogP contribution in [0.15, 0.2) is 53.4 Å². The lowest BCUT2D eigenvalue weighted by atomic mass is 10.1. The summed E-state index contributed by atoms with van der Waals surface area (Å²) in [6.45, 7) is 8.58. The molecule has 0 spiro atoms. The molecule has 1 atom stereocenters. The molecule has 2 saturated heterocycles. The van der Waals surface area contributed by atoms with Crippen molar-refractivity contribution in [3.63, 3.8) is 0 Å². The van der Waals surface area contributed by atoms with Gasteiger partial charge in [-0.3, -0.25) is 4.90 Å². The Morgan fingerprint density at radius 3 is 2.25 bits per heavy atom. The average Bonchev–Trinajstić information content (AvgIpc) is 2.93. The summed E-state index contributed by atoms with van der Waals surface area (Å²) in [5.41, 5.74) is 2.15. The molecule has 192 valence electrons. The van der Waals surface area contributed by atoms with Crippen LogP contribution >= 0.6 is 0 Å². The minimum Gasteiger partial charge on any atom is -0.356 e. The first-order chi connectivity index (χ1) is 17.5. The SMILES string of the molecule is CCCc1ccc(S(=O)(=O)N2CCN([C@@H](C)c3nc(N4CCCCC4)c4ccccc4n3)CC2)cc1. The van der Waals surface area contributed by atoms with Gasteiger partial charge in [-0.15, -0.1) is 0 Å². The third-order valence-corrected chi connectivity index (χ3v) is 9.46. The number of benzene rings is 2. The quantitative estimate of drug-likeness (QED) is 0.464. The Hall–Kier alpha value is -2.55. The van der Waals surface area contributed by atoms with Crippen LogP contribution in [0, 0.1) is 0 Å². The standard InChI is InChI=1S/C28H37N5O2S/c1-3-9-23-12-14-24(15-13-23)36(34,35)33-20-18-31(19-21-33)22(2)27-29-26-11-6-5-10-25(26)28(30-27)32-16-7-4-8-17-32/h5-6,10-15,22H,3-4,7-9,16-21H2,1-2H3/t22-/m0/s1. The summed E-state index contributed by atoms with van der Waals surface area (Å²) in [5.74, 6) is 1.85. The highest BCUT2D eigenvalue weighted by molar-refractivity contribution is 7.89. The molecule has 0 bridgehead atoms. The van der Waals surface area contributed by atoms with Crippen LogP contribution in [0.1, 0.15) is 57.0 Å². The van der Waals surface area contributed by atoms with Crippen molar-refractivity contribution in [1.29, 1.82) is 0 Å². The minimum atomic E-state index is -3.49. The van der Waals surface area contributed by atoms with Gasteiger partial charge in [0.1, 0.15) is 11.6 Å². The molecule has 3 heterocycles. The maximum Gasteiger partial charge on any atom is 0.243 e. The van der Waals surface area contributed by atoms with Gasteiger partial charge in [0.25, 0.3) is 0 Å². The Morgan fingerprint density at radius 1 is 0.861 bits per heavy atom. The van der Waals surface area contributed by atoms with E-state index in [1.165, 1.54) is 24.8 Å². The number of piperidine rings is 1. The lowest BCUT2D eigenvalue weighted by Crippen LogP contribution is -2.49. The highest BCUT2D eigenvalue weighted by atomic mass is 32.2. The number of aryl methyl sites for hydroxylation is 1. The topological polar surface area (TPSA) is 69.6 Å². The highest BCUT2D eigenvalue weighted by Gasteiger charge is 2.31. The molecular weight excluding hydrogens is 470 g/mol. The fraction of sp³-hybridized carbons (Fsp3) is 0.500. The van der Waals surface area contributed by atoms with E-state index in [0.717, 1.165) is 48.5 Å². The van der Waals surface area contributed by atoms with Crippen molar-refractivity contribution >= 4 is 26.7 Å². The third kappa shape index (κ3) is 5.12. The highest BCUT2D eigenvalue weighted by Crippen LogP contribution is 2.30. The zero-order chi connectivity index (χ0) is 25.1. The van der Waals surface area contributed by atoms with Crippen LogP contribution in [-0.4, -0.2) is 66.9 Å². The zero-order valence-electron chi connectivity index (χ0n) is 21.4. The van der Waals surface area contributed by atoms with Crippen LogP contribution in [0.4, 0.5) is 5.82 Å². The van der Waals surface area contributed by atoms with Gasteiger partial charge in [-0.2, -0.15) is 4.31 Å². The molecule has 5 rings (SSSR count). The van der Waals surface area contributed by atoms with Crippen LogP contribution in [-0.2, 0) is 16.4 Å². The molecule has 0 aliphatic carbocycles. The lowest BCUT2D eigenvalue weighted by molar-refractivity contribution is 0.141. The predicted molar refractivity (Wildman–Crippen MR) is 145 cm³/mol. The van der Waals surface area contributed by atoms with Gasteiger partial charge >= 0.3 is 0 Å². The largest absolute Gasteiger partial charge is 0.356 e. The molecule has 2 aliphatic rings. The molecule has 0 N–H and O–H groups in total. The lowest BCUT2D eigenvalue weighted by Gasteiger charge is -2.37. The van der Waals surface area contributed by atoms with E-state index in [1.807, 2.05) is 18.2 Å². The summed E-state index contributed by atoms with van der Waals surface area (Å²) >= 11 is 0. The van der Waals surface area contributed by atoms with E-state index in [9.17, 15) is 8.42 Å². The molecule has 0 saturated carbocycles. The Morgan fingerprint density at radius 2 is 1.56 bits per heavy atom. The van der Waals surface area contributed by atoms with E-state index in [-0.39, 0.29) is 6.04 Å². The Balaban J connectivity index is 1.31. The number of anilines is 1. The van der Waals surface area contributed by atoms with E-state index in [1.54, 1.807) is 16.4 Å². The van der Waals surface area contributed by atoms with Crippen molar-refractivity contribution in [1.82, 2.24) is 19.2 Å². The number of sulfonamides is 1. The van der Waals surface area contributed by atoms with Crippen LogP contribution < -0.4 is 4.90 Å². The number of nitrogens with zero attached hydrogens (tertiary/aromatic N) is 5. The summed E-state index contributed by atoms with van der Waals surface area (Å²) in [6, 6.07) is 15.7. The van der Waals surface area contributed by atoms with Crippen LogP contribution in [0.25, 0.3) is 10.9 Å². The van der Waals surface area contributed by atoms with E-state index >= 15 is 0 Å². The molecule has 3 aromatic rings. The van der Waals surface area contributed by atoms with Gasteiger partial charge in [0.15, 0.2) is 0 Å². The summed E-state index contributed by atoms with van der Waals surface area (Å²) in [6.07, 6.45) is 5.68. The number of hydrogen-bond acceptors (Lipinski definition) is 6. The van der Waals surface area contributed by atoms with Crippen molar-refractivity contribution in [2.45, 2.75) is 56.9 Å². The maximum atomic E-state index is 13.2. The third-order valence-electron chi connectivity index (χ3n) is 7.55. The van der Waals surface area contributed by atoms with Gasteiger partial charge < -0.3 is 4.90 Å². The van der Waals surface area contributed by atoms with Gasteiger partial charge in [-0.05, 0) is 62.4 Å². The molecular formula is C28H37N5O2S. The van der Waals surface area contributed by atoms with Crippen LogP contribution in [0.2, 0.25) is 0 Å². The molecule has 0 radical (unpaired) electrons. The molecule has 0 amide bonds. The van der Waals surface area contributed by atoms with Crippen LogP contribution in [0.3, 0.4) is 0 Å². The monoisotopic (exact) mass is 507 g/mol. The number of rotatable bonds is 7. The molecule has 8 heteroatoms. The second kappa shape index (κ2) is 10.8. The van der Waals surface area contributed by atoms with Crippen molar-refractivity contribution < 1.29 is 8.42 Å². The number of piperazine rings is 1. The van der Waals surface area contributed by atoms with E-state index in [4.69, 9.17) is 9.97 Å². The first-order valence-corrected chi connectivity index (χ1v) is 14.8. The minimum absolute atomic E-state index is 0.0105. The molecule has 0 unspecified atom stereocenters. The van der Waals surface area contributed by atoms with Crippen molar-refractivity contribution in [2.75, 3.05) is 44.2 Å². The predicted octanol–water partition coefficient (Wildman–Crippen LogP) is 4.64. The number of fused-ring (bicyclic) bond motifs is 1. The van der Waals surface area contributed by atoms with E-state index in [0.29, 0.717) is 31.1 Å². The number of para-hydroxylation sites is 1.